The topological polar surface area (TPSA) is 25.8 Å². The molecule has 2 nitrogen and oxygen atoms in total. The van der Waals surface area contributed by atoms with Crippen LogP contribution < -0.4 is 5.30 Å². The third-order valence-electron chi connectivity index (χ3n) is 2.92. The zero-order chi connectivity index (χ0) is 12.6. The SMILES string of the molecule is C=P(C)(C)c1c(C(C)C)ccc2ncncc12. The van der Waals surface area contributed by atoms with Crippen molar-refractivity contribution in [2.45, 2.75) is 19.8 Å². The fourth-order valence-corrected chi connectivity index (χ4v) is 4.06. The molecule has 0 atom stereocenters. The van der Waals surface area contributed by atoms with E-state index in [0.29, 0.717) is 5.92 Å². The van der Waals surface area contributed by atoms with Crippen LogP contribution >= 0.6 is 6.89 Å². The number of rotatable bonds is 2. The summed E-state index contributed by atoms with van der Waals surface area (Å²) in [4.78, 5) is 8.50. The molecule has 17 heavy (non-hydrogen) atoms. The summed E-state index contributed by atoms with van der Waals surface area (Å²) in [5.74, 6) is 0.510. The Labute approximate surface area is 103 Å². The maximum absolute atomic E-state index is 4.39. The number of hydrogen-bond donors (Lipinski definition) is 0. The predicted octanol–water partition coefficient (Wildman–Crippen LogP) is 3.09. The van der Waals surface area contributed by atoms with Crippen LogP contribution in [0.4, 0.5) is 0 Å². The molecule has 0 aliphatic heterocycles. The van der Waals surface area contributed by atoms with Crippen molar-refractivity contribution in [2.24, 2.45) is 0 Å². The highest BCUT2D eigenvalue weighted by molar-refractivity contribution is 7.79. The molecular weight excluding hydrogens is 227 g/mol. The Hall–Kier alpha value is -1.14. The highest BCUT2D eigenvalue weighted by Crippen LogP contribution is 2.39. The first-order valence-corrected chi connectivity index (χ1v) is 8.69. The highest BCUT2D eigenvalue weighted by Gasteiger charge is 2.16. The van der Waals surface area contributed by atoms with Crippen LogP contribution in [0.25, 0.3) is 10.9 Å². The summed E-state index contributed by atoms with van der Waals surface area (Å²) in [6.07, 6.45) is 7.92. The molecule has 0 saturated carbocycles. The van der Waals surface area contributed by atoms with E-state index in [9.17, 15) is 0 Å². The minimum absolute atomic E-state index is 0.510. The standard InChI is InChI=1S/C14H19N2P/c1-10(2)11-6-7-13-12(8-15-9-16-13)14(11)17(3,4)5/h6-10H,3H2,1-2,4-5H3. The van der Waals surface area contributed by atoms with Crippen LogP contribution in [-0.4, -0.2) is 29.6 Å². The van der Waals surface area contributed by atoms with Gasteiger partial charge in [0, 0.05) is 11.6 Å². The molecule has 0 fully saturated rings. The van der Waals surface area contributed by atoms with Crippen molar-refractivity contribution in [3.05, 3.63) is 30.2 Å². The first kappa shape index (κ1) is 12.3. The van der Waals surface area contributed by atoms with Crippen molar-refractivity contribution < 1.29 is 0 Å². The van der Waals surface area contributed by atoms with Crippen LogP contribution in [0.3, 0.4) is 0 Å². The molecule has 0 radical (unpaired) electrons. The molecule has 0 unspecified atom stereocenters. The average Bonchev–Trinajstić information content (AvgIpc) is 2.26. The van der Waals surface area contributed by atoms with Gasteiger partial charge in [-0.3, -0.25) is 0 Å². The number of benzene rings is 1. The Morgan fingerprint density at radius 2 is 1.94 bits per heavy atom. The van der Waals surface area contributed by atoms with Crippen molar-refractivity contribution in [3.63, 3.8) is 0 Å². The maximum atomic E-state index is 4.39. The Balaban J connectivity index is 2.90. The minimum Gasteiger partial charge on any atom is -0.244 e. The Morgan fingerprint density at radius 3 is 2.53 bits per heavy atom. The number of fused-ring (bicyclic) bond motifs is 1. The van der Waals surface area contributed by atoms with Crippen molar-refractivity contribution >= 4 is 29.4 Å². The van der Waals surface area contributed by atoms with E-state index in [2.05, 4.69) is 55.6 Å². The van der Waals surface area contributed by atoms with Crippen molar-refractivity contribution in [1.29, 1.82) is 0 Å². The predicted molar refractivity (Wildman–Crippen MR) is 79.2 cm³/mol. The lowest BCUT2D eigenvalue weighted by Gasteiger charge is -2.22. The van der Waals surface area contributed by atoms with Crippen molar-refractivity contribution in [3.8, 4) is 0 Å². The number of hydrogen-bond acceptors (Lipinski definition) is 2. The van der Waals surface area contributed by atoms with Gasteiger partial charge in [0.25, 0.3) is 0 Å². The van der Waals surface area contributed by atoms with E-state index in [1.165, 1.54) is 16.3 Å². The van der Waals surface area contributed by atoms with Gasteiger partial charge in [-0.25, -0.2) is 9.97 Å². The molecule has 3 heteroatoms. The van der Waals surface area contributed by atoms with Gasteiger partial charge in [0.05, 0.1) is 5.52 Å². The van der Waals surface area contributed by atoms with Crippen LogP contribution in [0.1, 0.15) is 25.3 Å². The molecule has 0 aliphatic carbocycles. The summed E-state index contributed by atoms with van der Waals surface area (Å²) >= 11 is 0. The molecule has 0 saturated heterocycles. The third kappa shape index (κ3) is 2.28. The second kappa shape index (κ2) is 4.27. The lowest BCUT2D eigenvalue weighted by Crippen LogP contribution is -2.14. The highest BCUT2D eigenvalue weighted by atomic mass is 31.2. The van der Waals surface area contributed by atoms with Gasteiger partial charge < -0.3 is 0 Å². The summed E-state index contributed by atoms with van der Waals surface area (Å²) in [5, 5.41) is 2.55. The van der Waals surface area contributed by atoms with E-state index in [1.807, 2.05) is 6.20 Å². The monoisotopic (exact) mass is 246 g/mol. The molecule has 1 aromatic heterocycles. The minimum atomic E-state index is -1.34. The largest absolute Gasteiger partial charge is 0.244 e. The molecule has 1 aromatic carbocycles. The van der Waals surface area contributed by atoms with Gasteiger partial charge in [0.2, 0.25) is 0 Å². The molecule has 0 aliphatic rings. The van der Waals surface area contributed by atoms with Gasteiger partial charge in [0.15, 0.2) is 0 Å². The van der Waals surface area contributed by atoms with E-state index in [1.54, 1.807) is 6.33 Å². The van der Waals surface area contributed by atoms with Crippen LogP contribution in [0, 0.1) is 0 Å². The van der Waals surface area contributed by atoms with Gasteiger partial charge in [-0.15, -0.1) is 0 Å². The summed E-state index contributed by atoms with van der Waals surface area (Å²) in [6.45, 7) is 7.62. The van der Waals surface area contributed by atoms with Gasteiger partial charge in [-0.1, -0.05) is 33.1 Å². The summed E-state index contributed by atoms with van der Waals surface area (Å²) in [5.41, 5.74) is 2.41. The van der Waals surface area contributed by atoms with Crippen LogP contribution in [0.2, 0.25) is 0 Å². The zero-order valence-corrected chi connectivity index (χ0v) is 11.8. The molecule has 90 valence electrons. The number of aromatic nitrogens is 2. The lowest BCUT2D eigenvalue weighted by atomic mass is 10.0. The van der Waals surface area contributed by atoms with Gasteiger partial charge in [-0.2, -0.15) is 0 Å². The first-order valence-electron chi connectivity index (χ1n) is 5.83. The van der Waals surface area contributed by atoms with E-state index in [4.69, 9.17) is 0 Å². The summed E-state index contributed by atoms with van der Waals surface area (Å²) in [7, 11) is 0. The van der Waals surface area contributed by atoms with Gasteiger partial charge in [0.1, 0.15) is 6.33 Å². The van der Waals surface area contributed by atoms with E-state index in [-0.39, 0.29) is 0 Å². The van der Waals surface area contributed by atoms with Crippen molar-refractivity contribution in [1.82, 2.24) is 9.97 Å². The van der Waals surface area contributed by atoms with E-state index >= 15 is 0 Å². The lowest BCUT2D eigenvalue weighted by molar-refractivity contribution is 0.874. The molecule has 0 spiro atoms. The molecule has 0 N–H and O–H groups in total. The second-order valence-electron chi connectivity index (χ2n) is 5.30. The first-order chi connectivity index (χ1) is 7.91. The quantitative estimate of drug-likeness (QED) is 0.761. The fourth-order valence-electron chi connectivity index (χ4n) is 2.20. The van der Waals surface area contributed by atoms with E-state index < -0.39 is 6.89 Å². The Kier molecular flexibility index (Phi) is 3.09. The molecule has 2 rings (SSSR count). The van der Waals surface area contributed by atoms with Crippen LogP contribution in [0.15, 0.2) is 24.7 Å². The fraction of sp³-hybridized carbons (Fsp3) is 0.357. The van der Waals surface area contributed by atoms with Crippen LogP contribution in [0.5, 0.6) is 0 Å². The van der Waals surface area contributed by atoms with E-state index in [0.717, 1.165) is 5.52 Å². The van der Waals surface area contributed by atoms with Gasteiger partial charge in [-0.05, 0) is 36.2 Å². The smallest absolute Gasteiger partial charge is 0.116 e. The Bertz CT molecular complexity index is 596. The summed E-state index contributed by atoms with van der Waals surface area (Å²) in [6, 6.07) is 4.29. The Morgan fingerprint density at radius 1 is 1.24 bits per heavy atom. The summed E-state index contributed by atoms with van der Waals surface area (Å²) < 4.78 is 0. The zero-order valence-electron chi connectivity index (χ0n) is 10.9. The third-order valence-corrected chi connectivity index (χ3v) is 4.63. The second-order valence-corrected chi connectivity index (χ2v) is 9.12. The molecule has 2 aromatic rings. The molecular formula is C14H19N2P. The van der Waals surface area contributed by atoms with Crippen LogP contribution in [-0.2, 0) is 0 Å². The molecule has 1 heterocycles. The normalized spacial score (nSPS) is 12.3. The molecule has 0 bridgehead atoms. The maximum Gasteiger partial charge on any atom is 0.116 e. The van der Waals surface area contributed by atoms with Crippen molar-refractivity contribution in [2.75, 3.05) is 13.3 Å². The number of nitrogens with zero attached hydrogens (tertiary/aromatic N) is 2. The van der Waals surface area contributed by atoms with Gasteiger partial charge >= 0.3 is 0 Å². The molecule has 0 amide bonds. The average molecular weight is 246 g/mol.